The Balaban J connectivity index is 2.20. The van der Waals surface area contributed by atoms with Gasteiger partial charge < -0.3 is 5.43 Å². The van der Waals surface area contributed by atoms with E-state index in [1.54, 1.807) is 18.5 Å². The molecule has 2 heterocycles. The largest absolute Gasteiger partial charge is 0.323 e. The zero-order valence-electron chi connectivity index (χ0n) is 9.10. The molecule has 2 aromatic rings. The predicted molar refractivity (Wildman–Crippen MR) is 66.9 cm³/mol. The number of carbonyl (C=O) groups excluding carboxylic acids is 1. The summed E-state index contributed by atoms with van der Waals surface area (Å²) >= 11 is 1.41. The molecule has 17 heavy (non-hydrogen) atoms. The van der Waals surface area contributed by atoms with E-state index in [0.29, 0.717) is 16.4 Å². The number of hydrogen-bond donors (Lipinski definition) is 3. The maximum absolute atomic E-state index is 11.9. The number of carbonyl (C=O) groups is 1. The van der Waals surface area contributed by atoms with Crippen molar-refractivity contribution in [3.63, 3.8) is 0 Å². The molecule has 0 saturated carbocycles. The average Bonchev–Trinajstić information content (AvgIpc) is 2.74. The Morgan fingerprint density at radius 3 is 2.94 bits per heavy atom. The van der Waals surface area contributed by atoms with Crippen LogP contribution in [0.4, 0.5) is 10.8 Å². The van der Waals surface area contributed by atoms with E-state index in [0.717, 1.165) is 4.88 Å². The number of nitrogens with one attached hydrogen (secondary N) is 2. The third-order valence-electron chi connectivity index (χ3n) is 2.06. The van der Waals surface area contributed by atoms with Gasteiger partial charge in [0, 0.05) is 23.5 Å². The van der Waals surface area contributed by atoms with Crippen molar-refractivity contribution in [3.05, 3.63) is 35.1 Å². The van der Waals surface area contributed by atoms with Crippen LogP contribution in [0.3, 0.4) is 0 Å². The molecule has 0 atom stereocenters. The minimum Gasteiger partial charge on any atom is -0.323 e. The van der Waals surface area contributed by atoms with Crippen LogP contribution < -0.4 is 16.6 Å². The molecule has 0 aliphatic rings. The first-order valence-corrected chi connectivity index (χ1v) is 5.67. The van der Waals surface area contributed by atoms with E-state index in [9.17, 15) is 4.79 Å². The fourth-order valence-electron chi connectivity index (χ4n) is 1.28. The van der Waals surface area contributed by atoms with E-state index in [2.05, 4.69) is 20.7 Å². The van der Waals surface area contributed by atoms with Crippen molar-refractivity contribution >= 4 is 28.1 Å². The van der Waals surface area contributed by atoms with E-state index in [4.69, 9.17) is 5.84 Å². The highest BCUT2D eigenvalue weighted by molar-refractivity contribution is 7.15. The topological polar surface area (TPSA) is 92.9 Å². The standard InChI is InChI=1S/C10H11N5OS/c1-6-4-13-10(17-6)14-9(16)7-5-12-3-2-8(7)15-11/h2-5H,11H2,1H3,(H,12,15)(H,13,14,16). The van der Waals surface area contributed by atoms with Crippen molar-refractivity contribution in [1.82, 2.24) is 9.97 Å². The van der Waals surface area contributed by atoms with E-state index in [1.165, 1.54) is 17.5 Å². The lowest BCUT2D eigenvalue weighted by molar-refractivity contribution is 0.102. The summed E-state index contributed by atoms with van der Waals surface area (Å²) in [5.41, 5.74) is 3.35. The first-order chi connectivity index (χ1) is 8.20. The summed E-state index contributed by atoms with van der Waals surface area (Å²) in [7, 11) is 0. The fraction of sp³-hybridized carbons (Fsp3) is 0.100. The molecule has 7 heteroatoms. The van der Waals surface area contributed by atoms with Crippen LogP contribution >= 0.6 is 11.3 Å². The van der Waals surface area contributed by atoms with Gasteiger partial charge in [0.25, 0.3) is 5.91 Å². The van der Waals surface area contributed by atoms with Gasteiger partial charge in [0.05, 0.1) is 11.3 Å². The number of nitrogens with two attached hydrogens (primary N) is 1. The lowest BCUT2D eigenvalue weighted by Crippen LogP contribution is -2.17. The highest BCUT2D eigenvalue weighted by Gasteiger charge is 2.12. The van der Waals surface area contributed by atoms with Crippen molar-refractivity contribution in [2.45, 2.75) is 6.92 Å². The van der Waals surface area contributed by atoms with Gasteiger partial charge in [-0.25, -0.2) is 4.98 Å². The molecule has 2 aromatic heterocycles. The molecule has 4 N–H and O–H groups in total. The molecule has 0 radical (unpaired) electrons. The van der Waals surface area contributed by atoms with Gasteiger partial charge in [-0.2, -0.15) is 0 Å². The molecular weight excluding hydrogens is 238 g/mol. The quantitative estimate of drug-likeness (QED) is 0.564. The lowest BCUT2D eigenvalue weighted by Gasteiger charge is -2.06. The van der Waals surface area contributed by atoms with Crippen molar-refractivity contribution in [1.29, 1.82) is 0 Å². The number of aryl methyl sites for hydroxylation is 1. The molecule has 0 aromatic carbocycles. The molecule has 0 spiro atoms. The van der Waals surface area contributed by atoms with Gasteiger partial charge in [0.2, 0.25) is 0 Å². The van der Waals surface area contributed by atoms with Crippen molar-refractivity contribution in [2.24, 2.45) is 5.84 Å². The van der Waals surface area contributed by atoms with Gasteiger partial charge in [-0.3, -0.25) is 20.9 Å². The number of aromatic nitrogens is 2. The Morgan fingerprint density at radius 1 is 1.47 bits per heavy atom. The predicted octanol–water partition coefficient (Wildman–Crippen LogP) is 1.38. The van der Waals surface area contributed by atoms with E-state index < -0.39 is 0 Å². The zero-order valence-corrected chi connectivity index (χ0v) is 9.91. The third-order valence-corrected chi connectivity index (χ3v) is 2.89. The van der Waals surface area contributed by atoms with Crippen LogP contribution in [-0.2, 0) is 0 Å². The van der Waals surface area contributed by atoms with Gasteiger partial charge in [0.15, 0.2) is 5.13 Å². The second kappa shape index (κ2) is 4.89. The number of hydrogen-bond acceptors (Lipinski definition) is 6. The van der Waals surface area contributed by atoms with E-state index in [-0.39, 0.29) is 5.91 Å². The molecule has 0 aliphatic heterocycles. The number of pyridine rings is 1. The highest BCUT2D eigenvalue weighted by Crippen LogP contribution is 2.19. The smallest absolute Gasteiger partial charge is 0.261 e. The molecule has 6 nitrogen and oxygen atoms in total. The highest BCUT2D eigenvalue weighted by atomic mass is 32.1. The minimum absolute atomic E-state index is 0.291. The number of hydrazine groups is 1. The third kappa shape index (κ3) is 2.58. The number of nitrogen functional groups attached to an aromatic ring is 1. The Kier molecular flexibility index (Phi) is 3.31. The Morgan fingerprint density at radius 2 is 2.29 bits per heavy atom. The van der Waals surface area contributed by atoms with Crippen molar-refractivity contribution < 1.29 is 4.79 Å². The number of rotatable bonds is 3. The molecule has 0 fully saturated rings. The van der Waals surface area contributed by atoms with Crippen LogP contribution in [0.25, 0.3) is 0 Å². The molecule has 0 aliphatic carbocycles. The molecule has 0 unspecified atom stereocenters. The second-order valence-electron chi connectivity index (χ2n) is 3.30. The van der Waals surface area contributed by atoms with Crippen LogP contribution in [0.5, 0.6) is 0 Å². The van der Waals surface area contributed by atoms with Crippen LogP contribution in [0.2, 0.25) is 0 Å². The van der Waals surface area contributed by atoms with E-state index >= 15 is 0 Å². The average molecular weight is 249 g/mol. The first kappa shape index (κ1) is 11.5. The minimum atomic E-state index is -0.291. The summed E-state index contributed by atoms with van der Waals surface area (Å²) in [6.45, 7) is 1.92. The monoisotopic (exact) mass is 249 g/mol. The van der Waals surface area contributed by atoms with Crippen molar-refractivity contribution in [3.8, 4) is 0 Å². The number of nitrogens with zero attached hydrogens (tertiary/aromatic N) is 2. The summed E-state index contributed by atoms with van der Waals surface area (Å²) in [5.74, 6) is 5.02. The molecule has 0 saturated heterocycles. The summed E-state index contributed by atoms with van der Waals surface area (Å²) in [6, 6.07) is 1.63. The van der Waals surface area contributed by atoms with Crippen LogP contribution in [0, 0.1) is 6.92 Å². The summed E-state index contributed by atoms with van der Waals surface area (Å²) in [5, 5.41) is 3.24. The fourth-order valence-corrected chi connectivity index (χ4v) is 1.94. The molecular formula is C10H11N5OS. The lowest BCUT2D eigenvalue weighted by atomic mass is 10.2. The first-order valence-electron chi connectivity index (χ1n) is 4.85. The van der Waals surface area contributed by atoms with E-state index in [1.807, 2.05) is 6.92 Å². The maximum Gasteiger partial charge on any atom is 0.261 e. The molecule has 88 valence electrons. The number of anilines is 2. The van der Waals surface area contributed by atoms with Crippen LogP contribution in [-0.4, -0.2) is 15.9 Å². The Hall–Kier alpha value is -1.99. The molecule has 1 amide bonds. The van der Waals surface area contributed by atoms with Crippen LogP contribution in [0.15, 0.2) is 24.7 Å². The Labute approximate surface area is 102 Å². The summed E-state index contributed by atoms with van der Waals surface area (Å²) in [6.07, 6.45) is 4.70. The van der Waals surface area contributed by atoms with Gasteiger partial charge in [-0.05, 0) is 13.0 Å². The second-order valence-corrected chi connectivity index (χ2v) is 4.53. The zero-order chi connectivity index (χ0) is 12.3. The van der Waals surface area contributed by atoms with Gasteiger partial charge in [-0.15, -0.1) is 11.3 Å². The van der Waals surface area contributed by atoms with Gasteiger partial charge in [0.1, 0.15) is 0 Å². The van der Waals surface area contributed by atoms with Crippen LogP contribution in [0.1, 0.15) is 15.2 Å². The molecule has 0 bridgehead atoms. The number of thiazole rings is 1. The van der Waals surface area contributed by atoms with Crippen molar-refractivity contribution in [2.75, 3.05) is 10.7 Å². The van der Waals surface area contributed by atoms with Gasteiger partial charge in [-0.1, -0.05) is 0 Å². The maximum atomic E-state index is 11.9. The normalized spacial score (nSPS) is 10.0. The number of amides is 1. The molecule has 2 rings (SSSR count). The summed E-state index contributed by atoms with van der Waals surface area (Å²) in [4.78, 5) is 20.9. The Bertz CT molecular complexity index is 539. The van der Waals surface area contributed by atoms with Gasteiger partial charge >= 0.3 is 0 Å². The SMILES string of the molecule is Cc1cnc(NC(=O)c2cnccc2NN)s1. The summed E-state index contributed by atoms with van der Waals surface area (Å²) < 4.78 is 0.